The molecule has 140 valence electrons. The van der Waals surface area contributed by atoms with Crippen LogP contribution in [0, 0.1) is 11.3 Å². The molecule has 2 aromatic carbocycles. The third-order valence-corrected chi connectivity index (χ3v) is 6.89. The van der Waals surface area contributed by atoms with Crippen LogP contribution in [-0.2, 0) is 4.57 Å². The summed E-state index contributed by atoms with van der Waals surface area (Å²) in [5.41, 5.74) is 0.873. The fourth-order valence-corrected chi connectivity index (χ4v) is 5.66. The molecule has 0 spiro atoms. The Morgan fingerprint density at radius 1 is 1.04 bits per heavy atom. The fraction of sp³-hybridized carbons (Fsp3) is 0.381. The molecule has 2 unspecified atom stereocenters. The summed E-state index contributed by atoms with van der Waals surface area (Å²) in [4.78, 5) is 13.0. The average molecular weight is 411 g/mol. The zero-order valence-corrected chi connectivity index (χ0v) is 18.1. The molecule has 0 N–H and O–H groups in total. The fourth-order valence-electron chi connectivity index (χ4n) is 3.32. The van der Waals surface area contributed by atoms with Gasteiger partial charge in [-0.1, -0.05) is 81.2 Å². The molecule has 0 aliphatic carbocycles. The molecule has 0 heterocycles. The second-order valence-electron chi connectivity index (χ2n) is 7.97. The van der Waals surface area contributed by atoms with E-state index < -0.39 is 7.80 Å². The Morgan fingerprint density at radius 3 is 2.19 bits per heavy atom. The highest BCUT2D eigenvalue weighted by atomic mass is 35.5. The van der Waals surface area contributed by atoms with E-state index in [0.29, 0.717) is 33.0 Å². The van der Waals surface area contributed by atoms with Crippen molar-refractivity contribution in [2.24, 2.45) is 11.3 Å². The molecule has 2 nitrogen and oxygen atoms in total. The van der Waals surface area contributed by atoms with Crippen LogP contribution in [0.2, 0.25) is 10.0 Å². The van der Waals surface area contributed by atoms with E-state index in [0.717, 1.165) is 6.42 Å². The van der Waals surface area contributed by atoms with Crippen LogP contribution in [0.4, 0.5) is 0 Å². The van der Waals surface area contributed by atoms with Gasteiger partial charge in [0.1, 0.15) is 7.80 Å². The van der Waals surface area contributed by atoms with Gasteiger partial charge in [0.25, 0.3) is 0 Å². The van der Waals surface area contributed by atoms with Crippen LogP contribution in [0.5, 0.6) is 0 Å². The molecule has 0 saturated carbocycles. The summed E-state index contributed by atoms with van der Waals surface area (Å²) in [6, 6.07) is 12.0. The summed E-state index contributed by atoms with van der Waals surface area (Å²) in [6.45, 7) is 8.65. The first kappa shape index (κ1) is 21.2. The summed E-state index contributed by atoms with van der Waals surface area (Å²) in [5, 5.41) is 1.22. The topological polar surface area (TPSA) is 34.1 Å². The van der Waals surface area contributed by atoms with Gasteiger partial charge in [-0.2, -0.15) is 0 Å². The highest BCUT2D eigenvalue weighted by Gasteiger charge is 2.23. The number of halogens is 2. The van der Waals surface area contributed by atoms with Crippen LogP contribution in [0.15, 0.2) is 42.5 Å². The zero-order chi connectivity index (χ0) is 19.5. The maximum absolute atomic E-state index is 13.0. The van der Waals surface area contributed by atoms with Crippen molar-refractivity contribution in [2.45, 2.75) is 34.1 Å². The first-order chi connectivity index (χ1) is 12.1. The van der Waals surface area contributed by atoms with Crippen molar-refractivity contribution < 1.29 is 9.36 Å². The van der Waals surface area contributed by atoms with Crippen molar-refractivity contribution in [3.8, 4) is 0 Å². The number of carbonyl (C=O) groups excluding carboxylic acids is 1. The molecule has 2 rings (SSSR count). The maximum Gasteiger partial charge on any atom is 0.196 e. The van der Waals surface area contributed by atoms with E-state index in [9.17, 15) is 9.36 Å². The summed E-state index contributed by atoms with van der Waals surface area (Å²) in [5.74, 6) is 0.0338. The minimum atomic E-state index is -2.10. The van der Waals surface area contributed by atoms with Gasteiger partial charge in [0, 0.05) is 17.0 Å². The normalized spacial score (nSPS) is 14.1. The lowest BCUT2D eigenvalue weighted by Crippen LogP contribution is -2.18. The molecule has 2 aromatic rings. The van der Waals surface area contributed by atoms with Crippen LogP contribution in [0.25, 0.3) is 0 Å². The second kappa shape index (κ2) is 8.74. The Hall–Kier alpha value is -1.08. The van der Waals surface area contributed by atoms with Gasteiger partial charge < -0.3 is 4.57 Å². The third-order valence-electron chi connectivity index (χ3n) is 4.16. The summed E-state index contributed by atoms with van der Waals surface area (Å²) < 4.78 is 13.0. The molecular weight excluding hydrogens is 386 g/mol. The first-order valence-corrected chi connectivity index (χ1v) is 11.1. The molecule has 0 aliphatic rings. The smallest absolute Gasteiger partial charge is 0.196 e. The van der Waals surface area contributed by atoms with Gasteiger partial charge in [-0.05, 0) is 29.9 Å². The van der Waals surface area contributed by atoms with Crippen LogP contribution >= 0.6 is 31.0 Å². The molecule has 0 bridgehead atoms. The van der Waals surface area contributed by atoms with E-state index in [1.807, 2.05) is 6.07 Å². The van der Waals surface area contributed by atoms with Crippen molar-refractivity contribution in [1.82, 2.24) is 0 Å². The number of rotatable bonds is 6. The van der Waals surface area contributed by atoms with Gasteiger partial charge in [0.05, 0.1) is 15.6 Å². The number of hydrogen-bond donors (Lipinski definition) is 0. The SMILES string of the molecule is CC(C[PH](=O)c1ccccc1C(=O)c1c(Cl)cccc1Cl)CC(C)(C)C. The molecule has 0 aromatic heterocycles. The number of ketones is 1. The van der Waals surface area contributed by atoms with Gasteiger partial charge >= 0.3 is 0 Å². The Kier molecular flexibility index (Phi) is 7.13. The van der Waals surface area contributed by atoms with Crippen molar-refractivity contribution in [2.75, 3.05) is 6.16 Å². The van der Waals surface area contributed by atoms with E-state index in [1.54, 1.807) is 36.4 Å². The Bertz CT molecular complexity index is 805. The number of benzene rings is 2. The Labute approximate surface area is 166 Å². The monoisotopic (exact) mass is 410 g/mol. The highest BCUT2D eigenvalue weighted by molar-refractivity contribution is 7.53. The minimum Gasteiger partial charge on any atom is -0.322 e. The van der Waals surface area contributed by atoms with Gasteiger partial charge in [-0.3, -0.25) is 4.79 Å². The minimum absolute atomic E-state index is 0.183. The molecule has 26 heavy (non-hydrogen) atoms. The largest absolute Gasteiger partial charge is 0.322 e. The lowest BCUT2D eigenvalue weighted by molar-refractivity contribution is 0.104. The van der Waals surface area contributed by atoms with E-state index in [4.69, 9.17) is 23.2 Å². The molecule has 0 aliphatic heterocycles. The van der Waals surface area contributed by atoms with Crippen LogP contribution < -0.4 is 5.30 Å². The van der Waals surface area contributed by atoms with Crippen molar-refractivity contribution in [3.05, 3.63) is 63.6 Å². The third kappa shape index (κ3) is 5.46. The molecule has 0 saturated heterocycles. The summed E-state index contributed by atoms with van der Waals surface area (Å²) >= 11 is 12.4. The summed E-state index contributed by atoms with van der Waals surface area (Å²) in [7, 11) is -2.10. The van der Waals surface area contributed by atoms with E-state index >= 15 is 0 Å². The lowest BCUT2D eigenvalue weighted by atomic mass is 9.86. The Morgan fingerprint density at radius 2 is 1.62 bits per heavy atom. The predicted octanol–water partition coefficient (Wildman–Crippen LogP) is 6.48. The van der Waals surface area contributed by atoms with Crippen LogP contribution in [0.1, 0.15) is 50.0 Å². The van der Waals surface area contributed by atoms with E-state index in [-0.39, 0.29) is 16.8 Å². The molecule has 5 heteroatoms. The van der Waals surface area contributed by atoms with Crippen molar-refractivity contribution in [1.29, 1.82) is 0 Å². The average Bonchev–Trinajstić information content (AvgIpc) is 2.52. The predicted molar refractivity (Wildman–Crippen MR) is 113 cm³/mol. The molecule has 0 fully saturated rings. The number of carbonyl (C=O) groups is 1. The molecular formula is C21H25Cl2O2P. The van der Waals surface area contributed by atoms with Gasteiger partial charge in [-0.25, -0.2) is 0 Å². The van der Waals surface area contributed by atoms with Crippen molar-refractivity contribution in [3.63, 3.8) is 0 Å². The number of hydrogen-bond acceptors (Lipinski definition) is 2. The van der Waals surface area contributed by atoms with Crippen molar-refractivity contribution >= 4 is 42.1 Å². The molecule has 0 radical (unpaired) electrons. The summed E-state index contributed by atoms with van der Waals surface area (Å²) in [6.07, 6.45) is 1.57. The van der Waals surface area contributed by atoms with E-state index in [1.165, 1.54) is 0 Å². The molecule has 2 atom stereocenters. The zero-order valence-electron chi connectivity index (χ0n) is 15.6. The highest BCUT2D eigenvalue weighted by Crippen LogP contribution is 2.33. The van der Waals surface area contributed by atoms with Gasteiger partial charge in [-0.15, -0.1) is 0 Å². The maximum atomic E-state index is 13.0. The lowest BCUT2D eigenvalue weighted by Gasteiger charge is -2.23. The molecule has 0 amide bonds. The first-order valence-electron chi connectivity index (χ1n) is 8.71. The van der Waals surface area contributed by atoms with Crippen LogP contribution in [0.3, 0.4) is 0 Å². The van der Waals surface area contributed by atoms with E-state index in [2.05, 4.69) is 27.7 Å². The van der Waals surface area contributed by atoms with Gasteiger partial charge in [0.15, 0.2) is 5.78 Å². The quantitative estimate of drug-likeness (QED) is 0.403. The van der Waals surface area contributed by atoms with Crippen LogP contribution in [-0.4, -0.2) is 11.9 Å². The second-order valence-corrected chi connectivity index (χ2v) is 10.6. The van der Waals surface area contributed by atoms with Gasteiger partial charge in [0.2, 0.25) is 0 Å². The Balaban J connectivity index is 2.33. The standard InChI is InChI=1S/C21H25Cl2O2P/c1-14(12-21(2,3)4)13-26(25)18-11-6-5-8-15(18)20(24)19-16(22)9-7-10-17(19)23/h5-11,14,26H,12-13H2,1-4H3.